The number of hydrogen-bond donors (Lipinski definition) is 2. The van der Waals surface area contributed by atoms with Crippen LogP contribution in [-0.4, -0.2) is 11.0 Å². The average molecular weight is 306 g/mol. The molecular formula is C14H18N4O2S. The van der Waals surface area contributed by atoms with Crippen molar-refractivity contribution in [3.63, 3.8) is 0 Å². The Morgan fingerprint density at radius 2 is 2.14 bits per heavy atom. The summed E-state index contributed by atoms with van der Waals surface area (Å²) in [5.41, 5.74) is 3.29. The zero-order valence-corrected chi connectivity index (χ0v) is 12.8. The summed E-state index contributed by atoms with van der Waals surface area (Å²) in [7, 11) is 0. The van der Waals surface area contributed by atoms with Gasteiger partial charge in [0.15, 0.2) is 0 Å². The van der Waals surface area contributed by atoms with Gasteiger partial charge in [-0.15, -0.1) is 11.3 Å². The van der Waals surface area contributed by atoms with E-state index in [0.29, 0.717) is 17.9 Å². The Hall–Kier alpha value is -2.12. The maximum Gasteiger partial charge on any atom is 0.316 e. The summed E-state index contributed by atoms with van der Waals surface area (Å²) in [6.07, 6.45) is 0. The molecule has 1 aromatic heterocycles. The first-order chi connectivity index (χ1) is 10.0. The zero-order valence-electron chi connectivity index (χ0n) is 11.9. The van der Waals surface area contributed by atoms with E-state index in [0.717, 1.165) is 4.88 Å². The third-order valence-corrected chi connectivity index (χ3v) is 4.05. The van der Waals surface area contributed by atoms with E-state index in [2.05, 4.69) is 5.43 Å². The Balaban J connectivity index is 2.47. The standard InChI is InChI=1S/C14H18N4O2S/c1-10(2)17(9-11-5-4-8-21-11)13-7-3-6-12(16-15)14(13)18(19)20/h3-8,10,16H,9,15H2,1-2H3. The number of nitrogens with one attached hydrogen (secondary N) is 1. The fourth-order valence-electron chi connectivity index (χ4n) is 2.19. The molecule has 0 saturated carbocycles. The normalized spacial score (nSPS) is 10.7. The molecule has 0 radical (unpaired) electrons. The van der Waals surface area contributed by atoms with E-state index in [1.165, 1.54) is 0 Å². The predicted molar refractivity (Wildman–Crippen MR) is 86.5 cm³/mol. The van der Waals surface area contributed by atoms with Gasteiger partial charge in [0.25, 0.3) is 0 Å². The highest BCUT2D eigenvalue weighted by molar-refractivity contribution is 7.09. The number of nitro benzene ring substituents is 1. The summed E-state index contributed by atoms with van der Waals surface area (Å²) < 4.78 is 0. The van der Waals surface area contributed by atoms with Crippen molar-refractivity contribution in [3.05, 3.63) is 50.7 Å². The van der Waals surface area contributed by atoms with Gasteiger partial charge >= 0.3 is 5.69 Å². The van der Waals surface area contributed by atoms with E-state index in [1.807, 2.05) is 36.3 Å². The van der Waals surface area contributed by atoms with Crippen LogP contribution < -0.4 is 16.2 Å². The average Bonchev–Trinajstić information content (AvgIpc) is 2.96. The molecule has 2 rings (SSSR count). The number of hydrogen-bond acceptors (Lipinski definition) is 6. The molecule has 7 heteroatoms. The molecule has 0 aliphatic heterocycles. The zero-order chi connectivity index (χ0) is 15.4. The summed E-state index contributed by atoms with van der Waals surface area (Å²) >= 11 is 1.64. The van der Waals surface area contributed by atoms with Crippen molar-refractivity contribution in [2.24, 2.45) is 5.84 Å². The van der Waals surface area contributed by atoms with Gasteiger partial charge in [0.05, 0.1) is 11.5 Å². The second-order valence-corrected chi connectivity index (χ2v) is 5.91. The SMILES string of the molecule is CC(C)N(Cc1cccs1)c1cccc(NN)c1[N+](=O)[O-]. The van der Waals surface area contributed by atoms with Gasteiger partial charge < -0.3 is 10.3 Å². The van der Waals surface area contributed by atoms with Crippen molar-refractivity contribution < 1.29 is 4.92 Å². The van der Waals surface area contributed by atoms with Crippen molar-refractivity contribution >= 4 is 28.4 Å². The lowest BCUT2D eigenvalue weighted by atomic mass is 10.1. The topological polar surface area (TPSA) is 84.4 Å². The van der Waals surface area contributed by atoms with E-state index in [4.69, 9.17) is 5.84 Å². The molecule has 0 fully saturated rings. The second kappa shape index (κ2) is 6.55. The molecule has 0 saturated heterocycles. The molecule has 0 amide bonds. The fourth-order valence-corrected chi connectivity index (χ4v) is 2.89. The lowest BCUT2D eigenvalue weighted by Gasteiger charge is -2.28. The van der Waals surface area contributed by atoms with Crippen LogP contribution in [0.3, 0.4) is 0 Å². The van der Waals surface area contributed by atoms with Crippen LogP contribution in [0.5, 0.6) is 0 Å². The van der Waals surface area contributed by atoms with Crippen LogP contribution in [0.2, 0.25) is 0 Å². The number of nitrogens with zero attached hydrogens (tertiary/aromatic N) is 2. The first-order valence-corrected chi connectivity index (χ1v) is 7.45. The number of nitro groups is 1. The minimum Gasteiger partial charge on any atom is -0.358 e. The predicted octanol–water partition coefficient (Wildman–Crippen LogP) is 3.36. The van der Waals surface area contributed by atoms with Crippen LogP contribution in [-0.2, 0) is 6.54 Å². The summed E-state index contributed by atoms with van der Waals surface area (Å²) in [5.74, 6) is 5.40. The highest BCUT2D eigenvalue weighted by atomic mass is 32.1. The van der Waals surface area contributed by atoms with Crippen LogP contribution in [0.1, 0.15) is 18.7 Å². The molecule has 21 heavy (non-hydrogen) atoms. The van der Waals surface area contributed by atoms with Gasteiger partial charge in [-0.2, -0.15) is 0 Å². The summed E-state index contributed by atoms with van der Waals surface area (Å²) in [5, 5.41) is 13.4. The van der Waals surface area contributed by atoms with Crippen LogP contribution in [0.25, 0.3) is 0 Å². The largest absolute Gasteiger partial charge is 0.358 e. The van der Waals surface area contributed by atoms with Gasteiger partial charge in [-0.25, -0.2) is 0 Å². The Bertz CT molecular complexity index is 613. The maximum absolute atomic E-state index is 11.4. The second-order valence-electron chi connectivity index (χ2n) is 4.88. The van der Waals surface area contributed by atoms with Gasteiger partial charge in [0.2, 0.25) is 0 Å². The third kappa shape index (κ3) is 3.32. The van der Waals surface area contributed by atoms with Crippen molar-refractivity contribution in [2.45, 2.75) is 26.4 Å². The van der Waals surface area contributed by atoms with Crippen molar-refractivity contribution in [1.29, 1.82) is 0 Å². The molecule has 0 unspecified atom stereocenters. The van der Waals surface area contributed by atoms with Crippen molar-refractivity contribution in [1.82, 2.24) is 0 Å². The van der Waals surface area contributed by atoms with Gasteiger partial charge in [0.1, 0.15) is 11.4 Å². The molecule has 0 aliphatic rings. The lowest BCUT2D eigenvalue weighted by Crippen LogP contribution is -2.30. The van der Waals surface area contributed by atoms with Gasteiger partial charge in [-0.05, 0) is 37.4 Å². The number of benzene rings is 1. The number of rotatable bonds is 6. The monoisotopic (exact) mass is 306 g/mol. The smallest absolute Gasteiger partial charge is 0.316 e. The van der Waals surface area contributed by atoms with E-state index in [9.17, 15) is 10.1 Å². The van der Waals surface area contributed by atoms with E-state index >= 15 is 0 Å². The molecule has 112 valence electrons. The van der Waals surface area contributed by atoms with Gasteiger partial charge in [-0.3, -0.25) is 16.0 Å². The molecule has 0 bridgehead atoms. The fraction of sp³-hybridized carbons (Fsp3) is 0.286. The number of thiophene rings is 1. The first kappa shape index (κ1) is 15.3. The molecule has 1 aromatic carbocycles. The molecule has 0 atom stereocenters. The molecule has 3 N–H and O–H groups in total. The maximum atomic E-state index is 11.4. The van der Waals surface area contributed by atoms with Crippen LogP contribution in [0, 0.1) is 10.1 Å². The molecular weight excluding hydrogens is 288 g/mol. The molecule has 0 aliphatic carbocycles. The molecule has 1 heterocycles. The van der Waals surface area contributed by atoms with E-state index in [1.54, 1.807) is 29.5 Å². The summed E-state index contributed by atoms with van der Waals surface area (Å²) in [6, 6.07) is 9.25. The van der Waals surface area contributed by atoms with E-state index in [-0.39, 0.29) is 11.7 Å². The minimum absolute atomic E-state index is 0.00487. The Morgan fingerprint density at radius 3 is 2.67 bits per heavy atom. The number of hydrazine groups is 1. The minimum atomic E-state index is -0.395. The molecule has 6 nitrogen and oxygen atoms in total. The number of nitrogen functional groups attached to an aromatic ring is 1. The Labute approximate surface area is 127 Å². The number of anilines is 2. The lowest BCUT2D eigenvalue weighted by molar-refractivity contribution is -0.383. The quantitative estimate of drug-likeness (QED) is 0.485. The van der Waals surface area contributed by atoms with Crippen LogP contribution in [0.4, 0.5) is 17.1 Å². The van der Waals surface area contributed by atoms with Crippen molar-refractivity contribution in [2.75, 3.05) is 10.3 Å². The third-order valence-electron chi connectivity index (χ3n) is 3.19. The first-order valence-electron chi connectivity index (χ1n) is 6.57. The number of para-hydroxylation sites is 1. The summed E-state index contributed by atoms with van der Waals surface area (Å²) in [4.78, 5) is 14.2. The van der Waals surface area contributed by atoms with Crippen LogP contribution >= 0.6 is 11.3 Å². The number of nitrogens with two attached hydrogens (primary N) is 1. The van der Waals surface area contributed by atoms with Gasteiger partial charge in [-0.1, -0.05) is 12.1 Å². The van der Waals surface area contributed by atoms with Gasteiger partial charge in [0, 0.05) is 10.9 Å². The highest BCUT2D eigenvalue weighted by Gasteiger charge is 2.25. The Kier molecular flexibility index (Phi) is 4.77. The Morgan fingerprint density at radius 1 is 1.38 bits per heavy atom. The molecule has 2 aromatic rings. The summed E-state index contributed by atoms with van der Waals surface area (Å²) in [6.45, 7) is 4.66. The van der Waals surface area contributed by atoms with Crippen molar-refractivity contribution in [3.8, 4) is 0 Å². The van der Waals surface area contributed by atoms with E-state index < -0.39 is 4.92 Å². The van der Waals surface area contributed by atoms with Crippen LogP contribution in [0.15, 0.2) is 35.7 Å². The highest BCUT2D eigenvalue weighted by Crippen LogP contribution is 2.36. The molecule has 0 spiro atoms.